The standard InChI is InChI=1S/C22H19ClN2O6S/c1-29-20-12-14(23)2-8-18(20)22(26)24-15-3-5-16(6-4-15)25-32(27,28)17-7-9-19-21(13-17)31-11-10-30-19/h2-9,12-13,25H,10-11H2,1H3,(H,24,26). The van der Waals surface area contributed by atoms with E-state index in [9.17, 15) is 13.2 Å². The Bertz CT molecular complexity index is 1260. The molecule has 8 nitrogen and oxygen atoms in total. The van der Waals surface area contributed by atoms with E-state index in [1.165, 1.54) is 19.2 Å². The molecule has 0 saturated carbocycles. The number of methoxy groups -OCH3 is 1. The van der Waals surface area contributed by atoms with Gasteiger partial charge in [0.2, 0.25) is 0 Å². The van der Waals surface area contributed by atoms with E-state index >= 15 is 0 Å². The van der Waals surface area contributed by atoms with Crippen molar-refractivity contribution in [2.45, 2.75) is 4.90 Å². The van der Waals surface area contributed by atoms with Gasteiger partial charge in [0.25, 0.3) is 15.9 Å². The average Bonchev–Trinajstić information content (AvgIpc) is 2.79. The van der Waals surface area contributed by atoms with Crippen LogP contribution in [0.3, 0.4) is 0 Å². The topological polar surface area (TPSA) is 103 Å². The Morgan fingerprint density at radius 2 is 1.62 bits per heavy atom. The Hall–Kier alpha value is -3.43. The third-order valence-corrected chi connectivity index (χ3v) is 6.24. The molecule has 0 fully saturated rings. The summed E-state index contributed by atoms with van der Waals surface area (Å²) < 4.78 is 44.0. The van der Waals surface area contributed by atoms with Gasteiger partial charge < -0.3 is 19.5 Å². The Balaban J connectivity index is 1.46. The van der Waals surface area contributed by atoms with Crippen molar-refractivity contribution in [2.24, 2.45) is 0 Å². The Morgan fingerprint density at radius 3 is 2.34 bits per heavy atom. The Kier molecular flexibility index (Phi) is 6.11. The zero-order valence-electron chi connectivity index (χ0n) is 16.9. The molecule has 2 N–H and O–H groups in total. The van der Waals surface area contributed by atoms with Crippen molar-refractivity contribution < 1.29 is 27.4 Å². The first kappa shape index (κ1) is 21.8. The van der Waals surface area contributed by atoms with Crippen molar-refractivity contribution in [1.82, 2.24) is 0 Å². The van der Waals surface area contributed by atoms with E-state index < -0.39 is 10.0 Å². The van der Waals surface area contributed by atoms with E-state index in [0.717, 1.165) is 0 Å². The van der Waals surface area contributed by atoms with Crippen molar-refractivity contribution in [3.8, 4) is 17.2 Å². The summed E-state index contributed by atoms with van der Waals surface area (Å²) >= 11 is 5.93. The van der Waals surface area contributed by atoms with Gasteiger partial charge in [-0.2, -0.15) is 0 Å². The molecule has 10 heteroatoms. The number of ether oxygens (including phenoxy) is 3. The minimum atomic E-state index is -3.84. The van der Waals surface area contributed by atoms with Gasteiger partial charge in [-0.05, 0) is 54.6 Å². The summed E-state index contributed by atoms with van der Waals surface area (Å²) in [6.07, 6.45) is 0. The first-order chi connectivity index (χ1) is 15.4. The van der Waals surface area contributed by atoms with E-state index in [4.69, 9.17) is 25.8 Å². The van der Waals surface area contributed by atoms with Crippen molar-refractivity contribution in [2.75, 3.05) is 30.4 Å². The molecule has 3 aromatic carbocycles. The fourth-order valence-electron chi connectivity index (χ4n) is 3.08. The zero-order chi connectivity index (χ0) is 22.7. The molecular weight excluding hydrogens is 456 g/mol. The maximum Gasteiger partial charge on any atom is 0.262 e. The molecule has 1 aliphatic rings. The minimum Gasteiger partial charge on any atom is -0.496 e. The highest BCUT2D eigenvalue weighted by Crippen LogP contribution is 2.33. The average molecular weight is 475 g/mol. The molecule has 1 aliphatic heterocycles. The lowest BCUT2D eigenvalue weighted by Gasteiger charge is -2.19. The highest BCUT2D eigenvalue weighted by atomic mass is 35.5. The van der Waals surface area contributed by atoms with Crippen LogP contribution in [0.5, 0.6) is 17.2 Å². The lowest BCUT2D eigenvalue weighted by Crippen LogP contribution is -2.17. The fourth-order valence-corrected chi connectivity index (χ4v) is 4.31. The number of carbonyl (C=O) groups excluding carboxylic acids is 1. The molecule has 1 amide bonds. The first-order valence-electron chi connectivity index (χ1n) is 9.53. The molecule has 32 heavy (non-hydrogen) atoms. The first-order valence-corrected chi connectivity index (χ1v) is 11.4. The highest BCUT2D eigenvalue weighted by molar-refractivity contribution is 7.92. The lowest BCUT2D eigenvalue weighted by atomic mass is 10.2. The Labute approximate surface area is 190 Å². The van der Waals surface area contributed by atoms with Crippen LogP contribution >= 0.6 is 11.6 Å². The van der Waals surface area contributed by atoms with Crippen LogP contribution in [0.4, 0.5) is 11.4 Å². The second-order valence-corrected chi connectivity index (χ2v) is 8.91. The fraction of sp³-hybridized carbons (Fsp3) is 0.136. The monoisotopic (exact) mass is 474 g/mol. The number of anilines is 2. The summed E-state index contributed by atoms with van der Waals surface area (Å²) in [5.74, 6) is 0.851. The quantitative estimate of drug-likeness (QED) is 0.555. The van der Waals surface area contributed by atoms with E-state index in [0.29, 0.717) is 52.4 Å². The normalized spacial score (nSPS) is 12.7. The van der Waals surface area contributed by atoms with Crippen molar-refractivity contribution in [3.05, 3.63) is 71.2 Å². The summed E-state index contributed by atoms with van der Waals surface area (Å²) in [5.41, 5.74) is 1.14. The molecule has 0 saturated heterocycles. The van der Waals surface area contributed by atoms with Gasteiger partial charge in [-0.25, -0.2) is 8.42 Å². The third kappa shape index (κ3) is 4.74. The van der Waals surface area contributed by atoms with Crippen LogP contribution in [-0.4, -0.2) is 34.6 Å². The van der Waals surface area contributed by atoms with Gasteiger partial charge in [-0.3, -0.25) is 9.52 Å². The zero-order valence-corrected chi connectivity index (χ0v) is 18.5. The number of fused-ring (bicyclic) bond motifs is 1. The van der Waals surface area contributed by atoms with Crippen LogP contribution in [0.25, 0.3) is 0 Å². The predicted octanol–water partition coefficient (Wildman–Crippen LogP) is 4.17. The van der Waals surface area contributed by atoms with Crippen LogP contribution in [-0.2, 0) is 10.0 Å². The molecule has 3 aromatic rings. The van der Waals surface area contributed by atoms with Crippen molar-refractivity contribution in [3.63, 3.8) is 0 Å². The van der Waals surface area contributed by atoms with Gasteiger partial charge in [0.05, 0.1) is 17.6 Å². The molecular formula is C22H19ClN2O6S. The molecule has 4 rings (SSSR count). The summed E-state index contributed by atoms with van der Waals surface area (Å²) in [5, 5.41) is 3.19. The second-order valence-electron chi connectivity index (χ2n) is 6.79. The van der Waals surface area contributed by atoms with Crippen LogP contribution in [0.1, 0.15) is 10.4 Å². The van der Waals surface area contributed by atoms with Gasteiger partial charge >= 0.3 is 0 Å². The summed E-state index contributed by atoms with van der Waals surface area (Å²) in [7, 11) is -2.39. The number of sulfonamides is 1. The maximum atomic E-state index is 12.7. The van der Waals surface area contributed by atoms with Crippen LogP contribution in [0.15, 0.2) is 65.6 Å². The van der Waals surface area contributed by atoms with Crippen molar-refractivity contribution >= 4 is 38.9 Å². The van der Waals surface area contributed by atoms with E-state index in [-0.39, 0.29) is 10.8 Å². The van der Waals surface area contributed by atoms with Crippen LogP contribution in [0.2, 0.25) is 5.02 Å². The number of amides is 1. The lowest BCUT2D eigenvalue weighted by molar-refractivity contribution is 0.102. The van der Waals surface area contributed by atoms with Gasteiger partial charge in [0, 0.05) is 22.5 Å². The van der Waals surface area contributed by atoms with E-state index in [1.54, 1.807) is 48.5 Å². The number of benzene rings is 3. The van der Waals surface area contributed by atoms with E-state index in [2.05, 4.69) is 10.0 Å². The number of hydrogen-bond donors (Lipinski definition) is 2. The third-order valence-electron chi connectivity index (χ3n) is 4.63. The van der Waals surface area contributed by atoms with Crippen molar-refractivity contribution in [1.29, 1.82) is 0 Å². The van der Waals surface area contributed by atoms with E-state index in [1.807, 2.05) is 0 Å². The minimum absolute atomic E-state index is 0.0500. The number of nitrogens with one attached hydrogen (secondary N) is 2. The van der Waals surface area contributed by atoms with Crippen LogP contribution < -0.4 is 24.2 Å². The molecule has 0 unspecified atom stereocenters. The summed E-state index contributed by atoms with van der Waals surface area (Å²) in [4.78, 5) is 12.6. The smallest absolute Gasteiger partial charge is 0.262 e. The second kappa shape index (κ2) is 8.97. The number of hydrogen-bond acceptors (Lipinski definition) is 6. The summed E-state index contributed by atoms with van der Waals surface area (Å²) in [6.45, 7) is 0.782. The van der Waals surface area contributed by atoms with Gasteiger partial charge in [0.15, 0.2) is 11.5 Å². The Morgan fingerprint density at radius 1 is 0.938 bits per heavy atom. The molecule has 0 bridgehead atoms. The molecule has 0 spiro atoms. The number of carbonyl (C=O) groups is 1. The van der Waals surface area contributed by atoms with Crippen LogP contribution in [0, 0.1) is 0 Å². The van der Waals surface area contributed by atoms with Gasteiger partial charge in [-0.15, -0.1) is 0 Å². The number of rotatable bonds is 6. The SMILES string of the molecule is COc1cc(Cl)ccc1C(=O)Nc1ccc(NS(=O)(=O)c2ccc3c(c2)OCCO3)cc1. The number of halogens is 1. The molecule has 0 radical (unpaired) electrons. The largest absolute Gasteiger partial charge is 0.496 e. The molecule has 166 valence electrons. The molecule has 0 atom stereocenters. The molecule has 0 aliphatic carbocycles. The van der Waals surface area contributed by atoms with Gasteiger partial charge in [-0.1, -0.05) is 11.6 Å². The molecule has 0 aromatic heterocycles. The maximum absolute atomic E-state index is 12.7. The predicted molar refractivity (Wildman–Crippen MR) is 121 cm³/mol. The highest BCUT2D eigenvalue weighted by Gasteiger charge is 2.20. The van der Waals surface area contributed by atoms with Gasteiger partial charge in [0.1, 0.15) is 19.0 Å². The summed E-state index contributed by atoms with van der Waals surface area (Å²) in [6, 6.07) is 15.4. The molecule has 1 heterocycles.